The van der Waals surface area contributed by atoms with Crippen molar-refractivity contribution in [2.24, 2.45) is 10.8 Å². The molecular formula is C16H29N3. The van der Waals surface area contributed by atoms with Crippen molar-refractivity contribution in [2.75, 3.05) is 6.54 Å². The molecule has 1 fully saturated rings. The molecule has 1 saturated carbocycles. The van der Waals surface area contributed by atoms with Crippen LogP contribution in [0.5, 0.6) is 0 Å². The van der Waals surface area contributed by atoms with Gasteiger partial charge < -0.3 is 5.32 Å². The van der Waals surface area contributed by atoms with E-state index in [1.165, 1.54) is 24.8 Å². The molecule has 3 heteroatoms. The summed E-state index contributed by atoms with van der Waals surface area (Å²) in [5.41, 5.74) is 2.16. The summed E-state index contributed by atoms with van der Waals surface area (Å²) in [4.78, 5) is 0. The number of aromatic nitrogens is 2. The zero-order valence-corrected chi connectivity index (χ0v) is 13.2. The third kappa shape index (κ3) is 4.34. The van der Waals surface area contributed by atoms with Gasteiger partial charge in [-0.1, -0.05) is 27.7 Å². The van der Waals surface area contributed by atoms with Crippen molar-refractivity contribution in [1.82, 2.24) is 15.1 Å². The lowest BCUT2D eigenvalue weighted by Gasteiger charge is -2.45. The van der Waals surface area contributed by atoms with E-state index in [9.17, 15) is 0 Å². The predicted molar refractivity (Wildman–Crippen MR) is 80.2 cm³/mol. The Morgan fingerprint density at radius 3 is 2.42 bits per heavy atom. The minimum atomic E-state index is 0.460. The van der Waals surface area contributed by atoms with Gasteiger partial charge in [0, 0.05) is 18.8 Å². The van der Waals surface area contributed by atoms with Crippen LogP contribution in [0, 0.1) is 17.8 Å². The second-order valence-corrected chi connectivity index (χ2v) is 7.85. The summed E-state index contributed by atoms with van der Waals surface area (Å²) < 4.78 is 2.03. The number of nitrogens with one attached hydrogen (secondary N) is 1. The SMILES string of the molecule is Cc1cnn(CCNC2CC(C)(C)CC(C)(C)C2)c1. The Kier molecular flexibility index (Phi) is 4.05. The van der Waals surface area contributed by atoms with Crippen LogP contribution in [0.2, 0.25) is 0 Å². The average Bonchev–Trinajstić information content (AvgIpc) is 2.59. The van der Waals surface area contributed by atoms with Crippen molar-refractivity contribution >= 4 is 0 Å². The van der Waals surface area contributed by atoms with Crippen LogP contribution < -0.4 is 5.32 Å². The van der Waals surface area contributed by atoms with Crippen LogP contribution in [0.25, 0.3) is 0 Å². The molecule has 108 valence electrons. The molecule has 0 saturated heterocycles. The lowest BCUT2D eigenvalue weighted by atomic mass is 9.63. The first-order chi connectivity index (χ1) is 8.76. The van der Waals surface area contributed by atoms with E-state index in [-0.39, 0.29) is 0 Å². The first-order valence-corrected chi connectivity index (χ1v) is 7.48. The van der Waals surface area contributed by atoms with Crippen molar-refractivity contribution in [3.8, 4) is 0 Å². The molecule has 2 rings (SSSR count). The van der Waals surface area contributed by atoms with E-state index in [1.807, 2.05) is 10.9 Å². The molecule has 1 aliphatic rings. The molecule has 1 heterocycles. The van der Waals surface area contributed by atoms with Gasteiger partial charge in [-0.15, -0.1) is 0 Å². The molecule has 1 aromatic heterocycles. The summed E-state index contributed by atoms with van der Waals surface area (Å²) >= 11 is 0. The number of hydrogen-bond acceptors (Lipinski definition) is 2. The molecule has 1 aromatic rings. The van der Waals surface area contributed by atoms with E-state index >= 15 is 0 Å². The number of nitrogens with zero attached hydrogens (tertiary/aromatic N) is 2. The fraction of sp³-hybridized carbons (Fsp3) is 0.812. The predicted octanol–water partition coefficient (Wildman–Crippen LogP) is 3.39. The largest absolute Gasteiger partial charge is 0.312 e. The normalized spacial score (nSPS) is 22.6. The highest BCUT2D eigenvalue weighted by molar-refractivity contribution is 4.99. The van der Waals surface area contributed by atoms with Gasteiger partial charge >= 0.3 is 0 Å². The zero-order valence-electron chi connectivity index (χ0n) is 13.2. The molecule has 3 nitrogen and oxygen atoms in total. The molecule has 0 aromatic carbocycles. The molecular weight excluding hydrogens is 234 g/mol. The van der Waals surface area contributed by atoms with Crippen LogP contribution in [-0.2, 0) is 6.54 Å². The molecule has 1 N–H and O–H groups in total. The van der Waals surface area contributed by atoms with E-state index in [0.717, 1.165) is 13.1 Å². The van der Waals surface area contributed by atoms with Crippen LogP contribution in [0.1, 0.15) is 52.5 Å². The molecule has 0 spiro atoms. The summed E-state index contributed by atoms with van der Waals surface area (Å²) in [7, 11) is 0. The van der Waals surface area contributed by atoms with Gasteiger partial charge in [0.1, 0.15) is 0 Å². The van der Waals surface area contributed by atoms with Crippen LogP contribution in [0.4, 0.5) is 0 Å². The third-order valence-electron chi connectivity index (χ3n) is 4.09. The van der Waals surface area contributed by atoms with Gasteiger partial charge in [-0.2, -0.15) is 5.10 Å². The van der Waals surface area contributed by atoms with Crippen molar-refractivity contribution < 1.29 is 0 Å². The van der Waals surface area contributed by atoms with Crippen molar-refractivity contribution in [2.45, 2.75) is 66.5 Å². The van der Waals surface area contributed by atoms with Gasteiger partial charge in [0.2, 0.25) is 0 Å². The zero-order chi connectivity index (χ0) is 14.1. The summed E-state index contributed by atoms with van der Waals surface area (Å²) in [6, 6.07) is 0.649. The third-order valence-corrected chi connectivity index (χ3v) is 4.09. The van der Waals surface area contributed by atoms with E-state index in [0.29, 0.717) is 16.9 Å². The highest BCUT2D eigenvalue weighted by atomic mass is 15.3. The van der Waals surface area contributed by atoms with Gasteiger partial charge in [0.25, 0.3) is 0 Å². The second kappa shape index (κ2) is 5.28. The molecule has 1 aliphatic carbocycles. The van der Waals surface area contributed by atoms with Gasteiger partial charge in [-0.25, -0.2) is 0 Å². The van der Waals surface area contributed by atoms with Crippen LogP contribution in [0.3, 0.4) is 0 Å². The number of rotatable bonds is 4. The maximum absolute atomic E-state index is 4.33. The van der Waals surface area contributed by atoms with E-state index < -0.39 is 0 Å². The summed E-state index contributed by atoms with van der Waals surface area (Å²) in [6.45, 7) is 13.7. The van der Waals surface area contributed by atoms with Gasteiger partial charge in [-0.05, 0) is 42.6 Å². The lowest BCUT2D eigenvalue weighted by Crippen LogP contribution is -2.44. The molecule has 0 radical (unpaired) electrons. The van der Waals surface area contributed by atoms with E-state index in [1.54, 1.807) is 0 Å². The number of aryl methyl sites for hydroxylation is 1. The minimum Gasteiger partial charge on any atom is -0.312 e. The van der Waals surface area contributed by atoms with Gasteiger partial charge in [0.05, 0.1) is 12.7 Å². The summed E-state index contributed by atoms with van der Waals surface area (Å²) in [5, 5.41) is 8.06. The van der Waals surface area contributed by atoms with Crippen LogP contribution in [0.15, 0.2) is 12.4 Å². The minimum absolute atomic E-state index is 0.460. The van der Waals surface area contributed by atoms with Crippen molar-refractivity contribution in [1.29, 1.82) is 0 Å². The van der Waals surface area contributed by atoms with Gasteiger partial charge in [-0.3, -0.25) is 4.68 Å². The topological polar surface area (TPSA) is 29.9 Å². The molecule has 0 bridgehead atoms. The summed E-state index contributed by atoms with van der Waals surface area (Å²) in [5.74, 6) is 0. The second-order valence-electron chi connectivity index (χ2n) is 7.85. The Bertz CT molecular complexity index is 401. The Balaban J connectivity index is 1.82. The lowest BCUT2D eigenvalue weighted by molar-refractivity contribution is 0.0848. The molecule has 0 atom stereocenters. The quantitative estimate of drug-likeness (QED) is 0.902. The summed E-state index contributed by atoms with van der Waals surface area (Å²) in [6.07, 6.45) is 7.93. The smallest absolute Gasteiger partial charge is 0.0534 e. The Morgan fingerprint density at radius 1 is 1.26 bits per heavy atom. The average molecular weight is 263 g/mol. The monoisotopic (exact) mass is 263 g/mol. The highest BCUT2D eigenvalue weighted by Crippen LogP contribution is 2.45. The Labute approximate surface area is 117 Å². The highest BCUT2D eigenvalue weighted by Gasteiger charge is 2.37. The molecule has 0 aliphatic heterocycles. The van der Waals surface area contributed by atoms with E-state index in [2.05, 4.69) is 51.2 Å². The molecule has 0 amide bonds. The first kappa shape index (κ1) is 14.6. The van der Waals surface area contributed by atoms with Gasteiger partial charge in [0.15, 0.2) is 0 Å². The molecule has 19 heavy (non-hydrogen) atoms. The van der Waals surface area contributed by atoms with E-state index in [4.69, 9.17) is 0 Å². The Hall–Kier alpha value is -0.830. The fourth-order valence-electron chi connectivity index (χ4n) is 3.96. The first-order valence-electron chi connectivity index (χ1n) is 7.48. The maximum Gasteiger partial charge on any atom is 0.0534 e. The van der Waals surface area contributed by atoms with Crippen molar-refractivity contribution in [3.05, 3.63) is 18.0 Å². The molecule has 0 unspecified atom stereocenters. The Morgan fingerprint density at radius 2 is 1.89 bits per heavy atom. The standard InChI is InChI=1S/C16H29N3/c1-13-10-18-19(11-13)7-6-17-14-8-15(2,3)12-16(4,5)9-14/h10-11,14,17H,6-9,12H2,1-5H3. The number of hydrogen-bond donors (Lipinski definition) is 1. The fourth-order valence-corrected chi connectivity index (χ4v) is 3.96. The van der Waals surface area contributed by atoms with Crippen molar-refractivity contribution in [3.63, 3.8) is 0 Å². The van der Waals surface area contributed by atoms with Crippen LogP contribution in [-0.4, -0.2) is 22.4 Å². The maximum atomic E-state index is 4.33. The van der Waals surface area contributed by atoms with Crippen LogP contribution >= 0.6 is 0 Å².